The molecule has 1 atom stereocenters. The summed E-state index contributed by atoms with van der Waals surface area (Å²) in [6.45, 7) is 4.42. The van der Waals surface area contributed by atoms with E-state index in [1.54, 1.807) is 12.3 Å². The molecule has 2 heterocycles. The van der Waals surface area contributed by atoms with Gasteiger partial charge in [-0.15, -0.1) is 0 Å². The fourth-order valence-electron chi connectivity index (χ4n) is 2.12. The predicted octanol–water partition coefficient (Wildman–Crippen LogP) is 0.906. The van der Waals surface area contributed by atoms with E-state index in [1.165, 1.54) is 0 Å². The van der Waals surface area contributed by atoms with Crippen LogP contribution >= 0.6 is 15.9 Å². The molecule has 1 unspecified atom stereocenters. The predicted molar refractivity (Wildman–Crippen MR) is 77.7 cm³/mol. The molecule has 7 heteroatoms. The standard InChI is InChI=1S/C12H18BrN5O/c1-8-7-18(4-3-17(8)2)12(19)10-5-9(13)6-15-11(10)16-14/h5-6,8H,3-4,7,14H2,1-2H3,(H,15,16). The Morgan fingerprint density at radius 2 is 2.32 bits per heavy atom. The highest BCUT2D eigenvalue weighted by Gasteiger charge is 2.26. The number of carbonyl (C=O) groups is 1. The van der Waals surface area contributed by atoms with Crippen molar-refractivity contribution in [2.45, 2.75) is 13.0 Å². The van der Waals surface area contributed by atoms with E-state index in [1.807, 2.05) is 4.90 Å². The molecule has 104 valence electrons. The Hall–Kier alpha value is -1.18. The molecule has 0 bridgehead atoms. The van der Waals surface area contributed by atoms with E-state index in [0.29, 0.717) is 24.0 Å². The van der Waals surface area contributed by atoms with Gasteiger partial charge in [-0.25, -0.2) is 10.8 Å². The Kier molecular flexibility index (Phi) is 4.38. The Morgan fingerprint density at radius 3 is 2.95 bits per heavy atom. The van der Waals surface area contributed by atoms with E-state index in [-0.39, 0.29) is 5.91 Å². The van der Waals surface area contributed by atoms with Crippen LogP contribution in [0.25, 0.3) is 0 Å². The van der Waals surface area contributed by atoms with Crippen LogP contribution in [0.5, 0.6) is 0 Å². The van der Waals surface area contributed by atoms with Crippen LogP contribution in [0.1, 0.15) is 17.3 Å². The van der Waals surface area contributed by atoms with Crippen LogP contribution in [0.15, 0.2) is 16.7 Å². The minimum Gasteiger partial charge on any atom is -0.336 e. The smallest absolute Gasteiger partial charge is 0.257 e. The third-order valence-corrected chi connectivity index (χ3v) is 3.90. The number of carbonyl (C=O) groups excluding carboxylic acids is 1. The molecule has 1 fully saturated rings. The molecule has 0 radical (unpaired) electrons. The molecule has 0 saturated carbocycles. The van der Waals surface area contributed by atoms with Gasteiger partial charge in [0.2, 0.25) is 0 Å². The lowest BCUT2D eigenvalue weighted by Gasteiger charge is -2.37. The zero-order valence-corrected chi connectivity index (χ0v) is 12.6. The van der Waals surface area contributed by atoms with Crippen molar-refractivity contribution in [1.82, 2.24) is 14.8 Å². The van der Waals surface area contributed by atoms with Crippen molar-refractivity contribution < 1.29 is 4.79 Å². The number of hydrazine groups is 1. The fraction of sp³-hybridized carbons (Fsp3) is 0.500. The van der Waals surface area contributed by atoms with Gasteiger partial charge in [-0.1, -0.05) is 0 Å². The second-order valence-corrected chi connectivity index (χ2v) is 5.69. The number of piperazine rings is 1. The minimum atomic E-state index is -0.0401. The molecule has 1 amide bonds. The van der Waals surface area contributed by atoms with Crippen LogP contribution in [-0.2, 0) is 0 Å². The van der Waals surface area contributed by atoms with Gasteiger partial charge >= 0.3 is 0 Å². The first-order valence-corrected chi connectivity index (χ1v) is 6.94. The number of likely N-dealkylation sites (N-methyl/N-ethyl adjacent to an activating group) is 1. The molecule has 0 spiro atoms. The molecule has 6 nitrogen and oxygen atoms in total. The van der Waals surface area contributed by atoms with E-state index < -0.39 is 0 Å². The van der Waals surface area contributed by atoms with Crippen molar-refractivity contribution in [2.75, 3.05) is 32.1 Å². The first-order chi connectivity index (χ1) is 9.02. The van der Waals surface area contributed by atoms with Gasteiger partial charge in [0, 0.05) is 36.3 Å². The molecular formula is C12H18BrN5O. The van der Waals surface area contributed by atoms with Gasteiger partial charge in [0.15, 0.2) is 5.82 Å². The molecule has 0 aromatic carbocycles. The van der Waals surface area contributed by atoms with Crippen LogP contribution in [0.3, 0.4) is 0 Å². The number of anilines is 1. The summed E-state index contributed by atoms with van der Waals surface area (Å²) in [5.74, 6) is 5.77. The molecule has 0 aliphatic carbocycles. The van der Waals surface area contributed by atoms with Crippen molar-refractivity contribution in [3.63, 3.8) is 0 Å². The maximum Gasteiger partial charge on any atom is 0.257 e. The summed E-state index contributed by atoms with van der Waals surface area (Å²) in [4.78, 5) is 20.7. The molecule has 1 aliphatic heterocycles. The van der Waals surface area contributed by atoms with Gasteiger partial charge in [-0.3, -0.25) is 4.79 Å². The molecule has 1 saturated heterocycles. The van der Waals surface area contributed by atoms with E-state index in [2.05, 4.69) is 45.2 Å². The monoisotopic (exact) mass is 327 g/mol. The Balaban J connectivity index is 2.22. The van der Waals surface area contributed by atoms with Gasteiger partial charge in [-0.2, -0.15) is 0 Å². The van der Waals surface area contributed by atoms with E-state index in [4.69, 9.17) is 5.84 Å². The average Bonchev–Trinajstić information content (AvgIpc) is 2.41. The van der Waals surface area contributed by atoms with Crippen molar-refractivity contribution in [1.29, 1.82) is 0 Å². The number of nitrogens with zero attached hydrogens (tertiary/aromatic N) is 3. The number of hydrogen-bond acceptors (Lipinski definition) is 5. The first kappa shape index (κ1) is 14.2. The Morgan fingerprint density at radius 1 is 1.58 bits per heavy atom. The number of nitrogens with two attached hydrogens (primary N) is 1. The second-order valence-electron chi connectivity index (χ2n) is 4.77. The van der Waals surface area contributed by atoms with Crippen molar-refractivity contribution in [3.05, 3.63) is 22.3 Å². The maximum absolute atomic E-state index is 12.5. The lowest BCUT2D eigenvalue weighted by molar-refractivity contribution is 0.0573. The highest BCUT2D eigenvalue weighted by atomic mass is 79.9. The molecule has 1 aromatic rings. The Labute approximate surface area is 121 Å². The fourth-order valence-corrected chi connectivity index (χ4v) is 2.45. The number of halogens is 1. The summed E-state index contributed by atoms with van der Waals surface area (Å²) < 4.78 is 0.761. The SMILES string of the molecule is CC1CN(C(=O)c2cc(Br)cnc2NN)CCN1C. The highest BCUT2D eigenvalue weighted by Crippen LogP contribution is 2.20. The molecular weight excluding hydrogens is 310 g/mol. The quantitative estimate of drug-likeness (QED) is 0.623. The van der Waals surface area contributed by atoms with Crippen LogP contribution < -0.4 is 11.3 Å². The summed E-state index contributed by atoms with van der Waals surface area (Å²) >= 11 is 3.33. The Bertz CT molecular complexity index is 481. The third kappa shape index (κ3) is 3.05. The van der Waals surface area contributed by atoms with Crippen LogP contribution in [0.2, 0.25) is 0 Å². The first-order valence-electron chi connectivity index (χ1n) is 6.14. The number of pyridine rings is 1. The lowest BCUT2D eigenvalue weighted by Crippen LogP contribution is -2.52. The third-order valence-electron chi connectivity index (χ3n) is 3.47. The minimum absolute atomic E-state index is 0.0401. The van der Waals surface area contributed by atoms with E-state index in [9.17, 15) is 4.79 Å². The van der Waals surface area contributed by atoms with Crippen molar-refractivity contribution in [2.24, 2.45) is 5.84 Å². The van der Waals surface area contributed by atoms with Gasteiger partial charge < -0.3 is 15.2 Å². The largest absolute Gasteiger partial charge is 0.336 e. The topological polar surface area (TPSA) is 74.5 Å². The van der Waals surface area contributed by atoms with Crippen molar-refractivity contribution in [3.8, 4) is 0 Å². The van der Waals surface area contributed by atoms with Gasteiger partial charge in [0.05, 0.1) is 5.56 Å². The van der Waals surface area contributed by atoms with Gasteiger partial charge in [0.25, 0.3) is 5.91 Å². The summed E-state index contributed by atoms with van der Waals surface area (Å²) in [6, 6.07) is 2.10. The maximum atomic E-state index is 12.5. The number of nitrogens with one attached hydrogen (secondary N) is 1. The van der Waals surface area contributed by atoms with Gasteiger partial charge in [0.1, 0.15) is 0 Å². The van der Waals surface area contributed by atoms with Crippen LogP contribution in [-0.4, -0.2) is 53.4 Å². The summed E-state index contributed by atoms with van der Waals surface area (Å²) in [6.07, 6.45) is 1.61. The van der Waals surface area contributed by atoms with Gasteiger partial charge in [-0.05, 0) is 36.0 Å². The number of hydrogen-bond donors (Lipinski definition) is 2. The summed E-state index contributed by atoms with van der Waals surface area (Å²) in [5.41, 5.74) is 2.97. The number of amides is 1. The highest BCUT2D eigenvalue weighted by molar-refractivity contribution is 9.10. The van der Waals surface area contributed by atoms with Crippen LogP contribution in [0.4, 0.5) is 5.82 Å². The zero-order valence-electron chi connectivity index (χ0n) is 11.1. The zero-order chi connectivity index (χ0) is 14.0. The molecule has 2 rings (SSSR count). The second kappa shape index (κ2) is 5.85. The van der Waals surface area contributed by atoms with Crippen molar-refractivity contribution >= 4 is 27.7 Å². The molecule has 19 heavy (non-hydrogen) atoms. The summed E-state index contributed by atoms with van der Waals surface area (Å²) in [5, 5.41) is 0. The molecule has 3 N–H and O–H groups in total. The molecule has 1 aliphatic rings. The number of aromatic nitrogens is 1. The lowest BCUT2D eigenvalue weighted by atomic mass is 10.1. The summed E-state index contributed by atoms with van der Waals surface area (Å²) in [7, 11) is 2.07. The average molecular weight is 328 g/mol. The normalized spacial score (nSPS) is 20.4. The number of rotatable bonds is 2. The van der Waals surface area contributed by atoms with E-state index >= 15 is 0 Å². The molecule has 1 aromatic heterocycles. The van der Waals surface area contributed by atoms with Crippen LogP contribution in [0, 0.1) is 0 Å². The van der Waals surface area contributed by atoms with E-state index in [0.717, 1.165) is 17.6 Å². The number of nitrogen functional groups attached to an aromatic ring is 1.